The molecule has 5 rings (SSSR count). The molecule has 3 N–H and O–H groups in total. The molecule has 0 unspecified atom stereocenters. The number of aromatic nitrogens is 2. The van der Waals surface area contributed by atoms with Gasteiger partial charge in [0, 0.05) is 17.8 Å². The lowest BCUT2D eigenvalue weighted by atomic mass is 9.94. The Hall–Kier alpha value is -1.98. The smallest absolute Gasteiger partial charge is 0.244 e. The van der Waals surface area contributed by atoms with Gasteiger partial charge in [0.05, 0.1) is 29.5 Å². The highest BCUT2D eigenvalue weighted by atomic mass is 32.2. The molecule has 10 heteroatoms. The molecule has 0 aliphatic heterocycles. The molecule has 2 heterocycles. The summed E-state index contributed by atoms with van der Waals surface area (Å²) in [6.45, 7) is 1.89. The standard InChI is InChI=1S/C22H27N3O5S2/c1-13-20(25-12-19(22(27)9-10-22)31-21(25)23-13)14-3-8-17(30-2)18(11-14)32(28,29)24-15-4-6-16(26)7-5-15/h3,8,11-12,15-16,24,26-27H,4-7,9-10H2,1-2H3. The van der Waals surface area contributed by atoms with Crippen LogP contribution in [0.15, 0.2) is 29.3 Å². The number of imidazole rings is 1. The third kappa shape index (κ3) is 3.84. The Kier molecular flexibility index (Phi) is 5.33. The van der Waals surface area contributed by atoms with Gasteiger partial charge in [0.15, 0.2) is 4.96 Å². The fourth-order valence-corrected chi connectivity index (χ4v) is 7.07. The summed E-state index contributed by atoms with van der Waals surface area (Å²) in [6.07, 6.45) is 5.43. The van der Waals surface area contributed by atoms with Crippen molar-refractivity contribution in [2.45, 2.75) is 68.1 Å². The Balaban J connectivity index is 1.53. The van der Waals surface area contributed by atoms with Gasteiger partial charge >= 0.3 is 0 Å². The summed E-state index contributed by atoms with van der Waals surface area (Å²) in [4.78, 5) is 6.36. The van der Waals surface area contributed by atoms with Crippen molar-refractivity contribution in [3.05, 3.63) is 35.0 Å². The van der Waals surface area contributed by atoms with Crippen molar-refractivity contribution < 1.29 is 23.4 Å². The van der Waals surface area contributed by atoms with Gasteiger partial charge in [-0.05, 0) is 63.6 Å². The van der Waals surface area contributed by atoms with Crippen LogP contribution in [-0.2, 0) is 15.6 Å². The van der Waals surface area contributed by atoms with Crippen molar-refractivity contribution in [1.29, 1.82) is 0 Å². The number of nitrogens with zero attached hydrogens (tertiary/aromatic N) is 2. The molecule has 0 spiro atoms. The highest BCUT2D eigenvalue weighted by Crippen LogP contribution is 2.48. The van der Waals surface area contributed by atoms with Crippen LogP contribution in [0.25, 0.3) is 16.2 Å². The summed E-state index contributed by atoms with van der Waals surface area (Å²) >= 11 is 1.46. The number of hydrogen-bond donors (Lipinski definition) is 3. The minimum Gasteiger partial charge on any atom is -0.495 e. The summed E-state index contributed by atoms with van der Waals surface area (Å²) in [5, 5.41) is 20.2. The molecule has 0 radical (unpaired) electrons. The van der Waals surface area contributed by atoms with E-state index in [0.717, 1.165) is 34.1 Å². The highest BCUT2D eigenvalue weighted by Gasteiger charge is 2.44. The second kappa shape index (κ2) is 7.81. The summed E-state index contributed by atoms with van der Waals surface area (Å²) in [5.41, 5.74) is 1.55. The Morgan fingerprint density at radius 3 is 2.62 bits per heavy atom. The van der Waals surface area contributed by atoms with E-state index in [1.807, 2.05) is 23.6 Å². The van der Waals surface area contributed by atoms with E-state index < -0.39 is 15.6 Å². The van der Waals surface area contributed by atoms with Crippen LogP contribution in [0.5, 0.6) is 5.75 Å². The van der Waals surface area contributed by atoms with Crippen molar-refractivity contribution in [2.75, 3.05) is 7.11 Å². The first-order chi connectivity index (χ1) is 15.2. The Morgan fingerprint density at radius 1 is 1.25 bits per heavy atom. The van der Waals surface area contributed by atoms with Crippen LogP contribution < -0.4 is 9.46 Å². The molecule has 2 aliphatic rings. The maximum atomic E-state index is 13.3. The van der Waals surface area contributed by atoms with Gasteiger partial charge in [0.2, 0.25) is 10.0 Å². The molecule has 0 amide bonds. The van der Waals surface area contributed by atoms with Gasteiger partial charge in [-0.2, -0.15) is 0 Å². The minimum absolute atomic E-state index is 0.0780. The maximum Gasteiger partial charge on any atom is 0.244 e. The molecular weight excluding hydrogens is 450 g/mol. The van der Waals surface area contributed by atoms with E-state index in [-0.39, 0.29) is 22.8 Å². The number of benzene rings is 1. The zero-order valence-electron chi connectivity index (χ0n) is 18.0. The number of sulfonamides is 1. The normalized spacial score (nSPS) is 22.9. The number of rotatable bonds is 6. The number of methoxy groups -OCH3 is 1. The highest BCUT2D eigenvalue weighted by molar-refractivity contribution is 7.89. The van der Waals surface area contributed by atoms with Crippen LogP contribution in [0, 0.1) is 6.92 Å². The van der Waals surface area contributed by atoms with Gasteiger partial charge in [0.25, 0.3) is 0 Å². The second-order valence-electron chi connectivity index (χ2n) is 8.82. The van der Waals surface area contributed by atoms with Crippen LogP contribution in [0.3, 0.4) is 0 Å². The molecule has 2 aromatic heterocycles. The van der Waals surface area contributed by atoms with Gasteiger partial charge in [-0.15, -0.1) is 0 Å². The van der Waals surface area contributed by atoms with Crippen LogP contribution >= 0.6 is 11.3 Å². The predicted octanol–water partition coefficient (Wildman–Crippen LogP) is 2.94. The largest absolute Gasteiger partial charge is 0.495 e. The zero-order valence-corrected chi connectivity index (χ0v) is 19.7. The molecule has 2 fully saturated rings. The number of hydrogen-bond acceptors (Lipinski definition) is 7. The van der Waals surface area contributed by atoms with Crippen molar-refractivity contribution in [3.63, 3.8) is 0 Å². The molecule has 1 aromatic carbocycles. The van der Waals surface area contributed by atoms with Gasteiger partial charge in [-0.25, -0.2) is 18.1 Å². The quantitative estimate of drug-likeness (QED) is 0.503. The molecule has 2 aliphatic carbocycles. The number of aliphatic hydroxyl groups is 2. The number of aryl methyl sites for hydroxylation is 1. The molecule has 2 saturated carbocycles. The van der Waals surface area contributed by atoms with Crippen LogP contribution in [0.4, 0.5) is 0 Å². The molecule has 3 aromatic rings. The molecule has 0 atom stereocenters. The molecule has 0 bridgehead atoms. The van der Waals surface area contributed by atoms with Crippen LogP contribution in [0.1, 0.15) is 49.1 Å². The van der Waals surface area contributed by atoms with Gasteiger partial charge < -0.3 is 14.9 Å². The van der Waals surface area contributed by atoms with Crippen LogP contribution in [-0.4, -0.2) is 47.3 Å². The fourth-order valence-electron chi connectivity index (χ4n) is 4.39. The number of nitrogens with one attached hydrogen (secondary N) is 1. The third-order valence-electron chi connectivity index (χ3n) is 6.43. The monoisotopic (exact) mass is 477 g/mol. The lowest BCUT2D eigenvalue weighted by molar-refractivity contribution is 0.120. The van der Waals surface area contributed by atoms with E-state index in [4.69, 9.17) is 4.74 Å². The van der Waals surface area contributed by atoms with E-state index in [2.05, 4.69) is 9.71 Å². The number of fused-ring (bicyclic) bond motifs is 1. The zero-order chi connectivity index (χ0) is 22.7. The molecule has 32 heavy (non-hydrogen) atoms. The van der Waals surface area contributed by atoms with Crippen molar-refractivity contribution in [2.24, 2.45) is 0 Å². The summed E-state index contributed by atoms with van der Waals surface area (Å²) in [6, 6.07) is 4.90. The van der Waals surface area contributed by atoms with E-state index >= 15 is 0 Å². The van der Waals surface area contributed by atoms with Gasteiger partial charge in [-0.1, -0.05) is 11.3 Å². The number of ether oxygens (including phenoxy) is 1. The first kappa shape index (κ1) is 21.8. The van der Waals surface area contributed by atoms with E-state index in [1.165, 1.54) is 18.4 Å². The van der Waals surface area contributed by atoms with E-state index in [0.29, 0.717) is 31.2 Å². The Labute approximate surface area is 190 Å². The minimum atomic E-state index is -3.83. The third-order valence-corrected chi connectivity index (χ3v) is 9.15. The average molecular weight is 478 g/mol. The molecule has 0 saturated heterocycles. The predicted molar refractivity (Wildman–Crippen MR) is 122 cm³/mol. The Morgan fingerprint density at radius 2 is 1.97 bits per heavy atom. The first-order valence-electron chi connectivity index (χ1n) is 10.8. The maximum absolute atomic E-state index is 13.3. The second-order valence-corrected chi connectivity index (χ2v) is 11.5. The fraction of sp³-hybridized carbons (Fsp3) is 0.500. The topological polar surface area (TPSA) is 113 Å². The summed E-state index contributed by atoms with van der Waals surface area (Å²) in [5.74, 6) is 0.272. The number of aliphatic hydroxyl groups excluding tert-OH is 1. The Bertz CT molecular complexity index is 1270. The van der Waals surface area contributed by atoms with Crippen LogP contribution in [0.2, 0.25) is 0 Å². The van der Waals surface area contributed by atoms with E-state index in [9.17, 15) is 18.6 Å². The van der Waals surface area contributed by atoms with Crippen molar-refractivity contribution in [1.82, 2.24) is 14.1 Å². The molecular formula is C22H27N3O5S2. The molecule has 172 valence electrons. The first-order valence-corrected chi connectivity index (χ1v) is 13.1. The van der Waals surface area contributed by atoms with Gasteiger partial charge in [-0.3, -0.25) is 4.40 Å². The lowest BCUT2D eigenvalue weighted by Crippen LogP contribution is -2.38. The van der Waals surface area contributed by atoms with Crippen molar-refractivity contribution >= 4 is 26.3 Å². The SMILES string of the molecule is COc1ccc(-c2c(C)nc3sc(C4(O)CC4)cn23)cc1S(=O)(=O)NC1CCC(O)CC1. The van der Waals surface area contributed by atoms with Gasteiger partial charge in [0.1, 0.15) is 16.2 Å². The van der Waals surface area contributed by atoms with Crippen molar-refractivity contribution in [3.8, 4) is 17.0 Å². The van der Waals surface area contributed by atoms with E-state index in [1.54, 1.807) is 12.1 Å². The molecule has 8 nitrogen and oxygen atoms in total. The summed E-state index contributed by atoms with van der Waals surface area (Å²) < 4.78 is 36.6. The average Bonchev–Trinajstić information content (AvgIpc) is 3.25. The number of thiazole rings is 1. The summed E-state index contributed by atoms with van der Waals surface area (Å²) in [7, 11) is -2.38. The lowest BCUT2D eigenvalue weighted by Gasteiger charge is -2.26.